The van der Waals surface area contributed by atoms with Crippen molar-refractivity contribution in [3.05, 3.63) is 22.3 Å². The Morgan fingerprint density at radius 3 is 2.12 bits per heavy atom. The molecule has 0 saturated carbocycles. The first-order valence-electron chi connectivity index (χ1n) is 6.38. The van der Waals surface area contributed by atoms with Crippen molar-refractivity contribution >= 4 is 0 Å². The first kappa shape index (κ1) is 13.0. The predicted molar refractivity (Wildman–Crippen MR) is 68.9 cm³/mol. The zero-order valence-electron chi connectivity index (χ0n) is 11.2. The number of nitrogens with zero attached hydrogens (tertiary/aromatic N) is 1. The molecule has 0 aromatic carbocycles. The summed E-state index contributed by atoms with van der Waals surface area (Å²) in [7, 11) is 0. The molecule has 0 amide bonds. The summed E-state index contributed by atoms with van der Waals surface area (Å²) < 4.78 is 0. The van der Waals surface area contributed by atoms with E-state index < -0.39 is 0 Å². The third kappa shape index (κ3) is 2.38. The fraction of sp³-hybridized carbons (Fsp3) is 0.667. The van der Waals surface area contributed by atoms with Crippen molar-refractivity contribution in [2.24, 2.45) is 11.8 Å². The molecule has 1 heteroatoms. The lowest BCUT2D eigenvalue weighted by molar-refractivity contribution is 0.649. The summed E-state index contributed by atoms with van der Waals surface area (Å²) in [4.78, 5) is 0. The molecule has 0 spiro atoms. The van der Waals surface area contributed by atoms with E-state index in [1.807, 2.05) is 0 Å². The summed E-state index contributed by atoms with van der Waals surface area (Å²) in [6, 6.07) is 2.40. The van der Waals surface area contributed by atoms with Crippen molar-refractivity contribution in [3.8, 4) is 6.07 Å². The minimum Gasteiger partial charge on any atom is -0.193 e. The van der Waals surface area contributed by atoms with Crippen molar-refractivity contribution in [3.63, 3.8) is 0 Å². The molecule has 0 heterocycles. The highest BCUT2D eigenvalue weighted by atomic mass is 14.3. The topological polar surface area (TPSA) is 23.8 Å². The average Bonchev–Trinajstić information content (AvgIpc) is 2.26. The van der Waals surface area contributed by atoms with Gasteiger partial charge in [-0.15, -0.1) is 0 Å². The van der Waals surface area contributed by atoms with Crippen molar-refractivity contribution in [2.75, 3.05) is 0 Å². The third-order valence-corrected chi connectivity index (χ3v) is 3.44. The van der Waals surface area contributed by atoms with E-state index in [1.54, 1.807) is 5.57 Å². The van der Waals surface area contributed by atoms with Crippen LogP contribution in [0.25, 0.3) is 0 Å². The van der Waals surface area contributed by atoms with E-state index in [9.17, 15) is 5.26 Å². The fourth-order valence-electron chi connectivity index (χ4n) is 2.77. The van der Waals surface area contributed by atoms with Crippen LogP contribution in [-0.2, 0) is 0 Å². The number of rotatable bonds is 3. The van der Waals surface area contributed by atoms with Gasteiger partial charge in [-0.1, -0.05) is 40.2 Å². The molecule has 0 aromatic rings. The van der Waals surface area contributed by atoms with Gasteiger partial charge in [0.05, 0.1) is 6.07 Å². The van der Waals surface area contributed by atoms with Gasteiger partial charge in [0.25, 0.3) is 0 Å². The van der Waals surface area contributed by atoms with E-state index in [0.29, 0.717) is 11.8 Å². The van der Waals surface area contributed by atoms with Crippen LogP contribution in [-0.4, -0.2) is 0 Å². The molecule has 16 heavy (non-hydrogen) atoms. The van der Waals surface area contributed by atoms with Gasteiger partial charge in [-0.25, -0.2) is 0 Å². The van der Waals surface area contributed by atoms with Crippen molar-refractivity contribution < 1.29 is 0 Å². The second-order valence-electron chi connectivity index (χ2n) is 5.17. The van der Waals surface area contributed by atoms with E-state index in [-0.39, 0.29) is 0 Å². The van der Waals surface area contributed by atoms with Crippen LogP contribution in [0.3, 0.4) is 0 Å². The lowest BCUT2D eigenvalue weighted by Gasteiger charge is -2.28. The summed E-state index contributed by atoms with van der Waals surface area (Å²) >= 11 is 0. The van der Waals surface area contributed by atoms with Gasteiger partial charge in [0, 0.05) is 5.57 Å². The van der Waals surface area contributed by atoms with Gasteiger partial charge in [0.15, 0.2) is 0 Å². The first-order chi connectivity index (χ1) is 7.52. The summed E-state index contributed by atoms with van der Waals surface area (Å²) in [5, 5.41) is 9.22. The maximum Gasteiger partial charge on any atom is 0.0950 e. The van der Waals surface area contributed by atoms with Crippen LogP contribution < -0.4 is 0 Å². The molecule has 0 unspecified atom stereocenters. The predicted octanol–water partition coefficient (Wildman–Crippen LogP) is 4.62. The minimum atomic E-state index is 0.471. The normalized spacial score (nSPS) is 17.4. The standard InChI is InChI=1S/C15H23N/c1-6-13-14(10(2)3)8-7-12(9-16)15(13)11(4)5/h10-11H,6-8H2,1-5H3. The van der Waals surface area contributed by atoms with Gasteiger partial charge >= 0.3 is 0 Å². The molecule has 0 N–H and O–H groups in total. The van der Waals surface area contributed by atoms with E-state index in [4.69, 9.17) is 0 Å². The lowest BCUT2D eigenvalue weighted by Crippen LogP contribution is -2.13. The van der Waals surface area contributed by atoms with E-state index in [2.05, 4.69) is 40.7 Å². The average molecular weight is 217 g/mol. The Kier molecular flexibility index (Phi) is 4.35. The Balaban J connectivity index is 3.32. The second kappa shape index (κ2) is 5.34. The largest absolute Gasteiger partial charge is 0.193 e. The molecule has 0 aromatic heterocycles. The highest BCUT2D eigenvalue weighted by molar-refractivity contribution is 5.48. The van der Waals surface area contributed by atoms with Crippen LogP contribution in [0.5, 0.6) is 0 Å². The SMILES string of the molecule is CCC1=C(C(C)C)CCC(C#N)=C1C(C)C. The number of nitriles is 1. The monoisotopic (exact) mass is 217 g/mol. The van der Waals surface area contributed by atoms with Gasteiger partial charge in [-0.05, 0) is 42.2 Å². The fourth-order valence-corrected chi connectivity index (χ4v) is 2.77. The maximum absolute atomic E-state index is 9.22. The molecule has 0 radical (unpaired) electrons. The lowest BCUT2D eigenvalue weighted by atomic mass is 9.77. The van der Waals surface area contributed by atoms with Gasteiger partial charge in [-0.2, -0.15) is 5.26 Å². The van der Waals surface area contributed by atoms with Crippen LogP contribution in [0.4, 0.5) is 0 Å². The van der Waals surface area contributed by atoms with Crippen molar-refractivity contribution in [1.82, 2.24) is 0 Å². The summed E-state index contributed by atoms with van der Waals surface area (Å²) in [6.07, 6.45) is 3.09. The molecule has 1 aliphatic carbocycles. The minimum absolute atomic E-state index is 0.471. The Labute approximate surface area is 99.9 Å². The second-order valence-corrected chi connectivity index (χ2v) is 5.17. The van der Waals surface area contributed by atoms with Crippen LogP contribution in [0.1, 0.15) is 53.9 Å². The molecular formula is C15H23N. The molecule has 0 aliphatic heterocycles. The van der Waals surface area contributed by atoms with Gasteiger partial charge in [0.2, 0.25) is 0 Å². The van der Waals surface area contributed by atoms with E-state index in [1.165, 1.54) is 11.1 Å². The molecular weight excluding hydrogens is 194 g/mol. The molecule has 0 fully saturated rings. The van der Waals surface area contributed by atoms with Crippen molar-refractivity contribution in [2.45, 2.75) is 53.9 Å². The Hall–Kier alpha value is -1.03. The van der Waals surface area contributed by atoms with Gasteiger partial charge < -0.3 is 0 Å². The van der Waals surface area contributed by atoms with E-state index >= 15 is 0 Å². The van der Waals surface area contributed by atoms with Gasteiger partial charge in [0.1, 0.15) is 0 Å². The molecule has 1 rings (SSSR count). The highest BCUT2D eigenvalue weighted by Crippen LogP contribution is 2.38. The molecule has 1 aliphatic rings. The molecule has 0 saturated heterocycles. The number of allylic oxidation sites excluding steroid dienone is 4. The molecule has 0 bridgehead atoms. The summed E-state index contributed by atoms with van der Waals surface area (Å²) in [5.41, 5.74) is 5.40. The maximum atomic E-state index is 9.22. The highest BCUT2D eigenvalue weighted by Gasteiger charge is 2.23. The smallest absolute Gasteiger partial charge is 0.0950 e. The van der Waals surface area contributed by atoms with E-state index in [0.717, 1.165) is 24.8 Å². The molecule has 1 nitrogen and oxygen atoms in total. The number of hydrogen-bond donors (Lipinski definition) is 0. The van der Waals surface area contributed by atoms with Crippen LogP contribution in [0, 0.1) is 23.2 Å². The van der Waals surface area contributed by atoms with Crippen molar-refractivity contribution in [1.29, 1.82) is 5.26 Å². The Morgan fingerprint density at radius 2 is 1.75 bits per heavy atom. The number of hydrogen-bond acceptors (Lipinski definition) is 1. The van der Waals surface area contributed by atoms with Crippen LogP contribution in [0.15, 0.2) is 22.3 Å². The summed E-state index contributed by atoms with van der Waals surface area (Å²) in [6.45, 7) is 11.1. The zero-order valence-corrected chi connectivity index (χ0v) is 11.2. The quantitative estimate of drug-likeness (QED) is 0.676. The molecule has 0 atom stereocenters. The van der Waals surface area contributed by atoms with Gasteiger partial charge in [-0.3, -0.25) is 0 Å². The summed E-state index contributed by atoms with van der Waals surface area (Å²) in [5.74, 6) is 1.09. The first-order valence-corrected chi connectivity index (χ1v) is 6.38. The Bertz CT molecular complexity index is 361. The zero-order chi connectivity index (χ0) is 12.3. The third-order valence-electron chi connectivity index (χ3n) is 3.44. The Morgan fingerprint density at radius 1 is 1.12 bits per heavy atom. The molecule has 88 valence electrons. The van der Waals surface area contributed by atoms with Crippen LogP contribution in [0.2, 0.25) is 0 Å². The van der Waals surface area contributed by atoms with Crippen LogP contribution >= 0.6 is 0 Å².